The van der Waals surface area contributed by atoms with Crippen molar-refractivity contribution in [1.29, 1.82) is 0 Å². The summed E-state index contributed by atoms with van der Waals surface area (Å²) < 4.78 is 0. The van der Waals surface area contributed by atoms with Crippen LogP contribution in [0.25, 0.3) is 0 Å². The lowest BCUT2D eigenvalue weighted by atomic mass is 9.87. The van der Waals surface area contributed by atoms with Gasteiger partial charge in [-0.2, -0.15) is 0 Å². The first kappa shape index (κ1) is 18.8. The minimum atomic E-state index is -0.0476. The van der Waals surface area contributed by atoms with E-state index in [1.807, 2.05) is 18.2 Å². The Bertz CT molecular complexity index is 808. The van der Waals surface area contributed by atoms with Gasteiger partial charge in [0.05, 0.1) is 17.5 Å². The molecule has 3 rings (SSSR count). The first-order valence-corrected chi connectivity index (χ1v) is 10.1. The van der Waals surface area contributed by atoms with Crippen LogP contribution in [-0.2, 0) is 11.2 Å². The van der Waals surface area contributed by atoms with Crippen molar-refractivity contribution in [2.45, 2.75) is 25.3 Å². The molecule has 0 heterocycles. The normalized spacial score (nSPS) is 16.0. The van der Waals surface area contributed by atoms with Crippen LogP contribution >= 0.6 is 23.4 Å². The number of benzene rings is 2. The summed E-state index contributed by atoms with van der Waals surface area (Å²) in [5.74, 6) is 0.485. The van der Waals surface area contributed by atoms with Crippen LogP contribution in [0.2, 0.25) is 5.02 Å². The summed E-state index contributed by atoms with van der Waals surface area (Å²) in [5.41, 5.74) is 9.59. The van der Waals surface area contributed by atoms with E-state index in [1.54, 1.807) is 24.3 Å². The van der Waals surface area contributed by atoms with Crippen LogP contribution < -0.4 is 11.1 Å². The standard InChI is InChI=1S/C20H21ClN2O2S/c21-15-6-4-13(5-7-15)19(24)11-26-12-20(25)23-18-3-1-2-14-10-16(22)8-9-17(14)18/h4-10,18H,1-3,11-12,22H2,(H,23,25). The van der Waals surface area contributed by atoms with Gasteiger partial charge in [-0.3, -0.25) is 9.59 Å². The summed E-state index contributed by atoms with van der Waals surface area (Å²) in [5, 5.41) is 3.69. The Morgan fingerprint density at radius 2 is 1.92 bits per heavy atom. The van der Waals surface area contributed by atoms with E-state index in [9.17, 15) is 9.59 Å². The van der Waals surface area contributed by atoms with E-state index in [-0.39, 0.29) is 29.2 Å². The molecule has 1 amide bonds. The average Bonchev–Trinajstić information content (AvgIpc) is 2.62. The number of rotatable bonds is 6. The fraction of sp³-hybridized carbons (Fsp3) is 0.300. The number of fused-ring (bicyclic) bond motifs is 1. The molecule has 1 aliphatic rings. The molecule has 136 valence electrons. The highest BCUT2D eigenvalue weighted by Gasteiger charge is 2.22. The SMILES string of the molecule is Nc1ccc2c(c1)CCCC2NC(=O)CSCC(=O)c1ccc(Cl)cc1. The molecule has 4 nitrogen and oxygen atoms in total. The van der Waals surface area contributed by atoms with Crippen molar-refractivity contribution < 1.29 is 9.59 Å². The van der Waals surface area contributed by atoms with Crippen molar-refractivity contribution in [2.75, 3.05) is 17.2 Å². The Kier molecular flexibility index (Phi) is 6.22. The molecule has 0 saturated heterocycles. The predicted molar refractivity (Wildman–Crippen MR) is 108 cm³/mol. The van der Waals surface area contributed by atoms with Crippen LogP contribution in [0, 0.1) is 0 Å². The predicted octanol–water partition coefficient (Wildman–Crippen LogP) is 4.03. The van der Waals surface area contributed by atoms with Gasteiger partial charge in [0.15, 0.2) is 5.78 Å². The first-order valence-electron chi connectivity index (χ1n) is 8.57. The topological polar surface area (TPSA) is 72.2 Å². The zero-order valence-electron chi connectivity index (χ0n) is 14.3. The molecule has 0 spiro atoms. The number of nitrogens with one attached hydrogen (secondary N) is 1. The fourth-order valence-electron chi connectivity index (χ4n) is 3.18. The number of Topliss-reactive ketones (excluding diaryl/α,β-unsaturated/α-hetero) is 1. The second-order valence-corrected chi connectivity index (χ2v) is 7.82. The highest BCUT2D eigenvalue weighted by Crippen LogP contribution is 2.31. The van der Waals surface area contributed by atoms with Gasteiger partial charge in [0.1, 0.15) is 0 Å². The number of thioether (sulfide) groups is 1. The molecule has 6 heteroatoms. The lowest BCUT2D eigenvalue weighted by Crippen LogP contribution is -2.32. The van der Waals surface area contributed by atoms with Gasteiger partial charge in [-0.05, 0) is 66.8 Å². The second-order valence-electron chi connectivity index (χ2n) is 6.39. The minimum absolute atomic E-state index is 0.00189. The number of anilines is 1. The number of carbonyl (C=O) groups excluding carboxylic acids is 2. The Balaban J connectivity index is 1.49. The maximum atomic E-state index is 12.3. The number of nitrogens with two attached hydrogens (primary N) is 1. The van der Waals surface area contributed by atoms with Gasteiger partial charge in [0.2, 0.25) is 5.91 Å². The van der Waals surface area contributed by atoms with Gasteiger partial charge in [0, 0.05) is 16.3 Å². The number of carbonyl (C=O) groups is 2. The molecular weight excluding hydrogens is 368 g/mol. The molecule has 0 fully saturated rings. The highest BCUT2D eigenvalue weighted by molar-refractivity contribution is 8.00. The van der Waals surface area contributed by atoms with E-state index in [0.29, 0.717) is 10.6 Å². The molecule has 2 aromatic carbocycles. The van der Waals surface area contributed by atoms with E-state index in [1.165, 1.54) is 17.3 Å². The molecule has 0 radical (unpaired) electrons. The van der Waals surface area contributed by atoms with Gasteiger partial charge < -0.3 is 11.1 Å². The summed E-state index contributed by atoms with van der Waals surface area (Å²) in [4.78, 5) is 24.4. The monoisotopic (exact) mass is 388 g/mol. The molecule has 1 atom stereocenters. The molecule has 0 aromatic heterocycles. The Hall–Kier alpha value is -1.98. The molecule has 3 N–H and O–H groups in total. The van der Waals surface area contributed by atoms with Crippen LogP contribution in [0.5, 0.6) is 0 Å². The van der Waals surface area contributed by atoms with Gasteiger partial charge in [-0.25, -0.2) is 0 Å². The van der Waals surface area contributed by atoms with Crippen molar-refractivity contribution in [3.05, 3.63) is 64.2 Å². The maximum absolute atomic E-state index is 12.3. The third-order valence-corrected chi connectivity index (χ3v) is 5.63. The van der Waals surface area contributed by atoms with Crippen LogP contribution in [-0.4, -0.2) is 23.2 Å². The summed E-state index contributed by atoms with van der Waals surface area (Å²) in [6.07, 6.45) is 2.96. The van der Waals surface area contributed by atoms with Gasteiger partial charge in [0.25, 0.3) is 0 Å². The quantitative estimate of drug-likeness (QED) is 0.578. The maximum Gasteiger partial charge on any atom is 0.230 e. The van der Waals surface area contributed by atoms with Crippen LogP contribution in [0.3, 0.4) is 0 Å². The number of amides is 1. The van der Waals surface area contributed by atoms with E-state index in [2.05, 4.69) is 5.32 Å². The summed E-state index contributed by atoms with van der Waals surface area (Å²) >= 11 is 7.15. The van der Waals surface area contributed by atoms with E-state index >= 15 is 0 Å². The fourth-order valence-corrected chi connectivity index (χ4v) is 4.02. The number of aryl methyl sites for hydroxylation is 1. The van der Waals surface area contributed by atoms with Gasteiger partial charge in [-0.15, -0.1) is 11.8 Å². The summed E-state index contributed by atoms with van der Waals surface area (Å²) in [7, 11) is 0. The van der Waals surface area contributed by atoms with Crippen molar-refractivity contribution in [2.24, 2.45) is 0 Å². The van der Waals surface area contributed by atoms with Crippen LogP contribution in [0.4, 0.5) is 5.69 Å². The molecule has 26 heavy (non-hydrogen) atoms. The van der Waals surface area contributed by atoms with Crippen LogP contribution in [0.15, 0.2) is 42.5 Å². The number of ketones is 1. The number of nitrogen functional groups attached to an aromatic ring is 1. The van der Waals surface area contributed by atoms with E-state index < -0.39 is 0 Å². The molecule has 0 bridgehead atoms. The first-order chi connectivity index (χ1) is 12.5. The summed E-state index contributed by atoms with van der Waals surface area (Å²) in [6.45, 7) is 0. The number of hydrogen-bond acceptors (Lipinski definition) is 4. The molecular formula is C20H21ClN2O2S. The molecule has 0 saturated carbocycles. The lowest BCUT2D eigenvalue weighted by Gasteiger charge is -2.26. The van der Waals surface area contributed by atoms with Crippen molar-refractivity contribution in [1.82, 2.24) is 5.32 Å². The Morgan fingerprint density at radius 1 is 1.15 bits per heavy atom. The second kappa shape index (κ2) is 8.60. The zero-order valence-corrected chi connectivity index (χ0v) is 15.9. The summed E-state index contributed by atoms with van der Waals surface area (Å²) in [6, 6.07) is 12.7. The third kappa shape index (κ3) is 4.80. The number of halogens is 1. The molecule has 1 unspecified atom stereocenters. The van der Waals surface area contributed by atoms with E-state index in [4.69, 9.17) is 17.3 Å². The third-order valence-electron chi connectivity index (χ3n) is 4.45. The van der Waals surface area contributed by atoms with Gasteiger partial charge in [-0.1, -0.05) is 17.7 Å². The highest BCUT2D eigenvalue weighted by atomic mass is 35.5. The molecule has 1 aliphatic carbocycles. The van der Waals surface area contributed by atoms with Gasteiger partial charge >= 0.3 is 0 Å². The largest absolute Gasteiger partial charge is 0.399 e. The Morgan fingerprint density at radius 3 is 2.69 bits per heavy atom. The average molecular weight is 389 g/mol. The van der Waals surface area contributed by atoms with Crippen molar-refractivity contribution in [3.63, 3.8) is 0 Å². The van der Waals surface area contributed by atoms with Crippen molar-refractivity contribution >= 4 is 40.7 Å². The van der Waals surface area contributed by atoms with Crippen molar-refractivity contribution in [3.8, 4) is 0 Å². The van der Waals surface area contributed by atoms with E-state index in [0.717, 1.165) is 30.5 Å². The Labute approximate surface area is 162 Å². The lowest BCUT2D eigenvalue weighted by molar-refractivity contribution is -0.119. The smallest absolute Gasteiger partial charge is 0.230 e. The van der Waals surface area contributed by atoms with Crippen LogP contribution in [0.1, 0.15) is 40.4 Å². The number of hydrogen-bond donors (Lipinski definition) is 2. The minimum Gasteiger partial charge on any atom is -0.399 e. The molecule has 0 aliphatic heterocycles. The zero-order chi connectivity index (χ0) is 18.5. The molecule has 2 aromatic rings.